The van der Waals surface area contributed by atoms with Crippen LogP contribution in [0.5, 0.6) is 5.75 Å². The van der Waals surface area contributed by atoms with Gasteiger partial charge in [-0.2, -0.15) is 0 Å². The Morgan fingerprint density at radius 3 is 2.11 bits per heavy atom. The summed E-state index contributed by atoms with van der Waals surface area (Å²) in [6.45, 7) is 12.1. The van der Waals surface area contributed by atoms with Crippen LogP contribution in [-0.2, 0) is 0 Å². The van der Waals surface area contributed by atoms with Gasteiger partial charge in [-0.15, -0.1) is 0 Å². The number of aryl methyl sites for hydroxylation is 2. The zero-order chi connectivity index (χ0) is 14.1. The van der Waals surface area contributed by atoms with E-state index < -0.39 is 0 Å². The van der Waals surface area contributed by atoms with Crippen molar-refractivity contribution in [1.82, 2.24) is 4.98 Å². The predicted octanol–water partition coefficient (Wildman–Crippen LogP) is 4.91. The van der Waals surface area contributed by atoms with Gasteiger partial charge in [-0.25, -0.2) is 0 Å². The second-order valence-electron chi connectivity index (χ2n) is 3.45. The lowest BCUT2D eigenvalue weighted by Crippen LogP contribution is -1.92. The minimum Gasteiger partial charge on any atom is -0.496 e. The maximum absolute atomic E-state index is 5.37. The summed E-state index contributed by atoms with van der Waals surface area (Å²) in [5.41, 5.74) is 3.28. The molecule has 0 aliphatic carbocycles. The summed E-state index contributed by atoms with van der Waals surface area (Å²) in [6.07, 6.45) is 1.86. The minimum absolute atomic E-state index is 0.929. The second kappa shape index (κ2) is 8.51. The molecule has 0 amide bonds. The van der Waals surface area contributed by atoms with E-state index in [0.717, 1.165) is 22.2 Å². The third kappa shape index (κ3) is 3.46. The van der Waals surface area contributed by atoms with Crippen molar-refractivity contribution in [2.24, 2.45) is 0 Å². The van der Waals surface area contributed by atoms with Gasteiger partial charge in [0.15, 0.2) is 0 Å². The molecule has 0 N–H and O–H groups in total. The topological polar surface area (TPSA) is 22.1 Å². The van der Waals surface area contributed by atoms with Crippen LogP contribution in [0.25, 0.3) is 10.9 Å². The van der Waals surface area contributed by atoms with Crippen molar-refractivity contribution in [2.45, 2.75) is 41.5 Å². The van der Waals surface area contributed by atoms with Crippen molar-refractivity contribution < 1.29 is 4.74 Å². The molecular formula is C16H25NO. The Hall–Kier alpha value is -1.57. The first kappa shape index (κ1) is 16.4. The monoisotopic (exact) mass is 247 g/mol. The Morgan fingerprint density at radius 2 is 1.56 bits per heavy atom. The van der Waals surface area contributed by atoms with E-state index in [1.165, 1.54) is 5.56 Å². The van der Waals surface area contributed by atoms with E-state index in [1.807, 2.05) is 52.9 Å². The number of ether oxygens (including phenoxy) is 1. The van der Waals surface area contributed by atoms with Gasteiger partial charge in [0.2, 0.25) is 0 Å². The number of fused-ring (bicyclic) bond motifs is 1. The van der Waals surface area contributed by atoms with Gasteiger partial charge in [0, 0.05) is 17.1 Å². The minimum atomic E-state index is 0.929. The van der Waals surface area contributed by atoms with E-state index in [9.17, 15) is 0 Å². The zero-order valence-electron chi connectivity index (χ0n) is 12.7. The number of benzene rings is 1. The number of nitrogens with zero attached hydrogens (tertiary/aromatic N) is 1. The summed E-state index contributed by atoms with van der Waals surface area (Å²) in [6, 6.07) is 6.13. The molecule has 0 unspecified atom stereocenters. The van der Waals surface area contributed by atoms with Crippen molar-refractivity contribution >= 4 is 10.9 Å². The number of hydrogen-bond acceptors (Lipinski definition) is 2. The second-order valence-corrected chi connectivity index (χ2v) is 3.45. The molecule has 2 nitrogen and oxygen atoms in total. The van der Waals surface area contributed by atoms with Crippen LogP contribution in [0, 0.1) is 13.8 Å². The van der Waals surface area contributed by atoms with Crippen LogP contribution < -0.4 is 4.74 Å². The Kier molecular flexibility index (Phi) is 7.77. The van der Waals surface area contributed by atoms with E-state index in [2.05, 4.69) is 18.0 Å². The summed E-state index contributed by atoms with van der Waals surface area (Å²) in [5.74, 6) is 0.929. The fourth-order valence-electron chi connectivity index (χ4n) is 1.72. The van der Waals surface area contributed by atoms with Gasteiger partial charge in [0.1, 0.15) is 5.75 Å². The van der Waals surface area contributed by atoms with Crippen LogP contribution in [0.2, 0.25) is 0 Å². The van der Waals surface area contributed by atoms with Gasteiger partial charge in [0.05, 0.1) is 12.6 Å². The highest BCUT2D eigenvalue weighted by Crippen LogP contribution is 2.28. The van der Waals surface area contributed by atoms with Crippen LogP contribution in [0.15, 0.2) is 24.4 Å². The summed E-state index contributed by atoms with van der Waals surface area (Å²) in [5, 5.41) is 1.09. The molecule has 2 rings (SSSR count). The van der Waals surface area contributed by atoms with Crippen molar-refractivity contribution in [1.29, 1.82) is 0 Å². The third-order valence-electron chi connectivity index (χ3n) is 2.43. The molecule has 0 aliphatic rings. The Morgan fingerprint density at radius 1 is 0.944 bits per heavy atom. The fourth-order valence-corrected chi connectivity index (χ4v) is 1.72. The molecule has 1 heterocycles. The quantitative estimate of drug-likeness (QED) is 0.714. The third-order valence-corrected chi connectivity index (χ3v) is 2.43. The number of pyridine rings is 1. The molecule has 18 heavy (non-hydrogen) atoms. The lowest BCUT2D eigenvalue weighted by Gasteiger charge is -2.09. The molecule has 1 aromatic carbocycles. The SMILES string of the molecule is CC.CC.COc1c(C)cnc2c(C)cccc12. The van der Waals surface area contributed by atoms with E-state index >= 15 is 0 Å². The van der Waals surface area contributed by atoms with Crippen molar-refractivity contribution in [3.8, 4) is 5.75 Å². The maximum Gasteiger partial charge on any atom is 0.132 e. The molecule has 0 radical (unpaired) electrons. The smallest absolute Gasteiger partial charge is 0.132 e. The lowest BCUT2D eigenvalue weighted by atomic mass is 10.1. The van der Waals surface area contributed by atoms with Crippen LogP contribution >= 0.6 is 0 Å². The largest absolute Gasteiger partial charge is 0.496 e. The van der Waals surface area contributed by atoms with Crippen molar-refractivity contribution in [2.75, 3.05) is 7.11 Å². The molecule has 0 saturated carbocycles. The highest BCUT2D eigenvalue weighted by atomic mass is 16.5. The highest BCUT2D eigenvalue weighted by Gasteiger charge is 2.06. The molecule has 0 fully saturated rings. The molecule has 0 spiro atoms. The molecule has 0 bridgehead atoms. The van der Waals surface area contributed by atoms with Crippen LogP contribution in [-0.4, -0.2) is 12.1 Å². The van der Waals surface area contributed by atoms with Crippen LogP contribution in [0.1, 0.15) is 38.8 Å². The summed E-state index contributed by atoms with van der Waals surface area (Å²) in [7, 11) is 1.70. The molecule has 0 aliphatic heterocycles. The maximum atomic E-state index is 5.37. The Bertz CT molecular complexity index is 478. The van der Waals surface area contributed by atoms with Crippen molar-refractivity contribution in [3.63, 3.8) is 0 Å². The number of aromatic nitrogens is 1. The molecular weight excluding hydrogens is 222 g/mol. The first-order valence-electron chi connectivity index (χ1n) is 6.63. The van der Waals surface area contributed by atoms with Crippen LogP contribution in [0.4, 0.5) is 0 Å². The van der Waals surface area contributed by atoms with E-state index in [0.29, 0.717) is 0 Å². The van der Waals surface area contributed by atoms with Crippen LogP contribution in [0.3, 0.4) is 0 Å². The molecule has 2 aromatic rings. The molecule has 0 atom stereocenters. The van der Waals surface area contributed by atoms with Gasteiger partial charge in [-0.3, -0.25) is 4.98 Å². The first-order chi connectivity index (χ1) is 8.74. The van der Waals surface area contributed by atoms with Gasteiger partial charge in [-0.05, 0) is 25.5 Å². The summed E-state index contributed by atoms with van der Waals surface area (Å²) < 4.78 is 5.37. The number of hydrogen-bond donors (Lipinski definition) is 0. The summed E-state index contributed by atoms with van der Waals surface area (Å²) in [4.78, 5) is 4.41. The molecule has 1 aromatic heterocycles. The highest BCUT2D eigenvalue weighted by molar-refractivity contribution is 5.88. The molecule has 0 saturated heterocycles. The number of rotatable bonds is 1. The van der Waals surface area contributed by atoms with Gasteiger partial charge in [-0.1, -0.05) is 39.8 Å². The standard InChI is InChI=1S/C12H13NO.2C2H6/c1-8-5-4-6-10-11(8)13-7-9(2)12(10)14-3;2*1-2/h4-7H,1-3H3;2*1-2H3. The molecule has 100 valence electrons. The van der Waals surface area contributed by atoms with Gasteiger partial charge in [0.25, 0.3) is 0 Å². The average molecular weight is 247 g/mol. The van der Waals surface area contributed by atoms with Gasteiger partial charge < -0.3 is 4.74 Å². The van der Waals surface area contributed by atoms with E-state index in [-0.39, 0.29) is 0 Å². The molecule has 2 heteroatoms. The number of para-hydroxylation sites is 1. The Labute approximate surface area is 111 Å². The first-order valence-corrected chi connectivity index (χ1v) is 6.63. The predicted molar refractivity (Wildman–Crippen MR) is 80.5 cm³/mol. The van der Waals surface area contributed by atoms with E-state index in [1.54, 1.807) is 7.11 Å². The summed E-state index contributed by atoms with van der Waals surface area (Å²) >= 11 is 0. The van der Waals surface area contributed by atoms with E-state index in [4.69, 9.17) is 4.74 Å². The Balaban J connectivity index is 0.000000659. The lowest BCUT2D eigenvalue weighted by molar-refractivity contribution is 0.416. The number of methoxy groups -OCH3 is 1. The fraction of sp³-hybridized carbons (Fsp3) is 0.438. The zero-order valence-corrected chi connectivity index (χ0v) is 12.7. The normalized spacial score (nSPS) is 8.83. The van der Waals surface area contributed by atoms with Crippen molar-refractivity contribution in [3.05, 3.63) is 35.5 Å². The van der Waals surface area contributed by atoms with Gasteiger partial charge >= 0.3 is 0 Å². The average Bonchev–Trinajstić information content (AvgIpc) is 2.43.